The van der Waals surface area contributed by atoms with Gasteiger partial charge < -0.3 is 10.4 Å². The lowest BCUT2D eigenvalue weighted by atomic mass is 9.63. The van der Waals surface area contributed by atoms with Crippen molar-refractivity contribution in [3.8, 4) is 0 Å². The molecule has 0 aliphatic heterocycles. The summed E-state index contributed by atoms with van der Waals surface area (Å²) in [4.78, 5) is 23.5. The SMILES string of the molecule is CC(NC(=O)C1(c2c(F)cccc2F)CCC1)C(C)C(=O)O. The molecule has 0 aromatic heterocycles. The molecule has 1 fully saturated rings. The molecule has 2 unspecified atom stereocenters. The molecule has 0 radical (unpaired) electrons. The third-order valence-corrected chi connectivity index (χ3v) is 4.58. The fourth-order valence-corrected chi connectivity index (χ4v) is 2.76. The van der Waals surface area contributed by atoms with Crippen LogP contribution in [-0.2, 0) is 15.0 Å². The molecule has 120 valence electrons. The molecule has 1 aliphatic rings. The van der Waals surface area contributed by atoms with Crippen molar-refractivity contribution < 1.29 is 23.5 Å². The van der Waals surface area contributed by atoms with E-state index in [4.69, 9.17) is 5.11 Å². The summed E-state index contributed by atoms with van der Waals surface area (Å²) in [5.74, 6) is -3.81. The highest BCUT2D eigenvalue weighted by Gasteiger charge is 2.49. The van der Waals surface area contributed by atoms with Crippen molar-refractivity contribution >= 4 is 11.9 Å². The zero-order valence-electron chi connectivity index (χ0n) is 12.5. The lowest BCUT2D eigenvalue weighted by Gasteiger charge is -2.41. The molecule has 0 saturated heterocycles. The summed E-state index contributed by atoms with van der Waals surface area (Å²) in [7, 11) is 0. The van der Waals surface area contributed by atoms with Crippen molar-refractivity contribution in [1.82, 2.24) is 5.32 Å². The zero-order chi connectivity index (χ0) is 16.5. The summed E-state index contributed by atoms with van der Waals surface area (Å²) >= 11 is 0. The standard InChI is InChI=1S/C16H19F2NO3/c1-9(14(20)21)10(2)19-15(22)16(7-4-8-16)13-11(17)5-3-6-12(13)18/h3,5-6,9-10H,4,7-8H2,1-2H3,(H,19,22)(H,20,21). The maximum Gasteiger partial charge on any atom is 0.308 e. The molecule has 1 amide bonds. The number of carbonyl (C=O) groups excluding carboxylic acids is 1. The lowest BCUT2D eigenvalue weighted by Crippen LogP contribution is -2.54. The van der Waals surface area contributed by atoms with Gasteiger partial charge in [0.25, 0.3) is 0 Å². The summed E-state index contributed by atoms with van der Waals surface area (Å²) in [5.41, 5.74) is -1.45. The van der Waals surface area contributed by atoms with E-state index in [0.29, 0.717) is 19.3 Å². The van der Waals surface area contributed by atoms with E-state index in [-0.39, 0.29) is 5.56 Å². The Bertz CT molecular complexity index is 579. The molecule has 2 atom stereocenters. The summed E-state index contributed by atoms with van der Waals surface area (Å²) in [6, 6.07) is 2.90. The van der Waals surface area contributed by atoms with E-state index in [0.717, 1.165) is 12.1 Å². The molecule has 2 N–H and O–H groups in total. The Balaban J connectivity index is 2.28. The number of amides is 1. The topological polar surface area (TPSA) is 66.4 Å². The number of hydrogen-bond acceptors (Lipinski definition) is 2. The Labute approximate surface area is 127 Å². The van der Waals surface area contributed by atoms with Gasteiger partial charge in [-0.05, 0) is 38.8 Å². The Morgan fingerprint density at radius 1 is 1.23 bits per heavy atom. The predicted molar refractivity (Wildman–Crippen MR) is 76.3 cm³/mol. The highest BCUT2D eigenvalue weighted by atomic mass is 19.1. The summed E-state index contributed by atoms with van der Waals surface area (Å²) in [6.45, 7) is 3.05. The van der Waals surface area contributed by atoms with Gasteiger partial charge in [-0.25, -0.2) is 8.78 Å². The van der Waals surface area contributed by atoms with Crippen molar-refractivity contribution in [2.45, 2.75) is 44.6 Å². The Morgan fingerprint density at radius 2 is 1.77 bits per heavy atom. The molecule has 22 heavy (non-hydrogen) atoms. The first kappa shape index (κ1) is 16.4. The molecule has 2 rings (SSSR count). The van der Waals surface area contributed by atoms with Crippen LogP contribution in [0.1, 0.15) is 38.7 Å². The van der Waals surface area contributed by atoms with Gasteiger partial charge in [0.2, 0.25) is 5.91 Å². The second-order valence-corrected chi connectivity index (χ2v) is 5.92. The van der Waals surface area contributed by atoms with Gasteiger partial charge in [0.05, 0.1) is 11.3 Å². The molecular formula is C16H19F2NO3. The van der Waals surface area contributed by atoms with Crippen molar-refractivity contribution in [2.75, 3.05) is 0 Å². The summed E-state index contributed by atoms with van der Waals surface area (Å²) < 4.78 is 28.1. The number of hydrogen-bond donors (Lipinski definition) is 2. The molecule has 1 saturated carbocycles. The van der Waals surface area contributed by atoms with Crippen molar-refractivity contribution in [3.05, 3.63) is 35.4 Å². The number of halogens is 2. The number of benzene rings is 1. The molecule has 6 heteroatoms. The van der Waals surface area contributed by atoms with E-state index < -0.39 is 40.9 Å². The van der Waals surface area contributed by atoms with Crippen LogP contribution in [0.2, 0.25) is 0 Å². The monoisotopic (exact) mass is 311 g/mol. The summed E-state index contributed by atoms with van der Waals surface area (Å²) in [6.07, 6.45) is 1.40. The number of aliphatic carboxylic acids is 1. The fraction of sp³-hybridized carbons (Fsp3) is 0.500. The normalized spacial score (nSPS) is 18.9. The van der Waals surface area contributed by atoms with E-state index in [9.17, 15) is 18.4 Å². The van der Waals surface area contributed by atoms with Crippen LogP contribution >= 0.6 is 0 Å². The maximum absolute atomic E-state index is 14.0. The first-order chi connectivity index (χ1) is 10.3. The first-order valence-electron chi connectivity index (χ1n) is 7.28. The van der Waals surface area contributed by atoms with Gasteiger partial charge in [-0.3, -0.25) is 9.59 Å². The molecule has 1 aromatic rings. The average molecular weight is 311 g/mol. The third kappa shape index (κ3) is 2.69. The van der Waals surface area contributed by atoms with E-state index >= 15 is 0 Å². The van der Waals surface area contributed by atoms with E-state index in [1.54, 1.807) is 6.92 Å². The van der Waals surface area contributed by atoms with Crippen molar-refractivity contribution in [2.24, 2.45) is 5.92 Å². The van der Waals surface area contributed by atoms with Crippen LogP contribution in [0, 0.1) is 17.6 Å². The number of carboxylic acids is 1. The van der Waals surface area contributed by atoms with Crippen LogP contribution in [0.3, 0.4) is 0 Å². The van der Waals surface area contributed by atoms with E-state index in [1.807, 2.05) is 0 Å². The number of nitrogens with one attached hydrogen (secondary N) is 1. The van der Waals surface area contributed by atoms with E-state index in [2.05, 4.69) is 5.32 Å². The van der Waals surface area contributed by atoms with Gasteiger partial charge in [-0.2, -0.15) is 0 Å². The summed E-state index contributed by atoms with van der Waals surface area (Å²) in [5, 5.41) is 11.6. The lowest BCUT2D eigenvalue weighted by molar-refractivity contribution is -0.142. The largest absolute Gasteiger partial charge is 0.481 e. The molecule has 0 bridgehead atoms. The second-order valence-electron chi connectivity index (χ2n) is 5.92. The molecule has 0 spiro atoms. The molecule has 1 aliphatic carbocycles. The van der Waals surface area contributed by atoms with Gasteiger partial charge in [0.1, 0.15) is 11.6 Å². The number of rotatable bonds is 5. The zero-order valence-corrected chi connectivity index (χ0v) is 12.5. The molecule has 0 heterocycles. The van der Waals surface area contributed by atoms with Gasteiger partial charge in [0.15, 0.2) is 0 Å². The minimum Gasteiger partial charge on any atom is -0.481 e. The van der Waals surface area contributed by atoms with Crippen LogP contribution in [-0.4, -0.2) is 23.0 Å². The van der Waals surface area contributed by atoms with Crippen LogP contribution in [0.25, 0.3) is 0 Å². The van der Waals surface area contributed by atoms with Crippen molar-refractivity contribution in [1.29, 1.82) is 0 Å². The van der Waals surface area contributed by atoms with Crippen LogP contribution in [0.5, 0.6) is 0 Å². The van der Waals surface area contributed by atoms with E-state index in [1.165, 1.54) is 13.0 Å². The van der Waals surface area contributed by atoms with Gasteiger partial charge >= 0.3 is 5.97 Å². The van der Waals surface area contributed by atoms with Crippen LogP contribution < -0.4 is 5.32 Å². The maximum atomic E-state index is 14.0. The predicted octanol–water partition coefficient (Wildman–Crippen LogP) is 2.61. The minimum absolute atomic E-state index is 0.214. The Morgan fingerprint density at radius 3 is 2.18 bits per heavy atom. The molecule has 1 aromatic carbocycles. The molecular weight excluding hydrogens is 292 g/mol. The highest BCUT2D eigenvalue weighted by molar-refractivity contribution is 5.90. The average Bonchev–Trinajstić information content (AvgIpc) is 2.39. The Kier molecular flexibility index (Phi) is 4.49. The van der Waals surface area contributed by atoms with Crippen LogP contribution in [0.15, 0.2) is 18.2 Å². The van der Waals surface area contributed by atoms with Crippen LogP contribution in [0.4, 0.5) is 8.78 Å². The van der Waals surface area contributed by atoms with Crippen molar-refractivity contribution in [3.63, 3.8) is 0 Å². The molecule has 4 nitrogen and oxygen atoms in total. The smallest absolute Gasteiger partial charge is 0.308 e. The number of carbonyl (C=O) groups is 2. The minimum atomic E-state index is -1.23. The third-order valence-electron chi connectivity index (χ3n) is 4.58. The number of carboxylic acid groups (broad SMARTS) is 1. The van der Waals surface area contributed by atoms with Gasteiger partial charge in [-0.1, -0.05) is 12.5 Å². The van der Waals surface area contributed by atoms with Gasteiger partial charge in [0, 0.05) is 11.6 Å². The Hall–Kier alpha value is -1.98. The quantitative estimate of drug-likeness (QED) is 0.878. The second kappa shape index (κ2) is 6.02. The first-order valence-corrected chi connectivity index (χ1v) is 7.28. The fourth-order valence-electron chi connectivity index (χ4n) is 2.76. The van der Waals surface area contributed by atoms with Gasteiger partial charge in [-0.15, -0.1) is 0 Å². The highest BCUT2D eigenvalue weighted by Crippen LogP contribution is 2.46.